The molecule has 1 aromatic carbocycles. The Balaban J connectivity index is 2.87. The van der Waals surface area contributed by atoms with Crippen molar-refractivity contribution in [3.8, 4) is 0 Å². The van der Waals surface area contributed by atoms with Crippen LogP contribution in [0.5, 0.6) is 0 Å². The lowest BCUT2D eigenvalue weighted by molar-refractivity contribution is 0.412. The Bertz CT molecular complexity index is 276. The van der Waals surface area contributed by atoms with Gasteiger partial charge in [0.15, 0.2) is 9.76 Å². The summed E-state index contributed by atoms with van der Waals surface area (Å²) in [7, 11) is -1.01. The Morgan fingerprint density at radius 2 is 1.85 bits per heavy atom. The van der Waals surface area contributed by atoms with Crippen LogP contribution in [0.1, 0.15) is 26.3 Å². The maximum Gasteiger partial charge on any atom is 0.188 e. The maximum atomic E-state index is 9.25. The zero-order valence-electron chi connectivity index (χ0n) is 8.67. The molecule has 1 N–H and O–H groups in total. The molecule has 0 radical (unpaired) electrons. The number of hydrogen-bond acceptors (Lipinski definition) is 1. The zero-order chi connectivity index (χ0) is 9.90. The summed E-state index contributed by atoms with van der Waals surface area (Å²) in [5.41, 5.74) is 1.63. The van der Waals surface area contributed by atoms with Crippen molar-refractivity contribution in [3.05, 3.63) is 29.8 Å². The highest BCUT2D eigenvalue weighted by Crippen LogP contribution is 2.18. The minimum atomic E-state index is -1.01. The Labute approximate surface area is 82.7 Å². The minimum absolute atomic E-state index is 0.305. The molecule has 0 aliphatic heterocycles. The molecule has 0 aliphatic rings. The van der Waals surface area contributed by atoms with Crippen molar-refractivity contribution >= 4 is 14.9 Å². The van der Waals surface area contributed by atoms with Crippen LogP contribution in [0.3, 0.4) is 0 Å². The summed E-state index contributed by atoms with van der Waals surface area (Å²) < 4.78 is 0. The molecule has 0 heterocycles. The van der Waals surface area contributed by atoms with E-state index in [2.05, 4.69) is 32.9 Å². The van der Waals surface area contributed by atoms with Crippen molar-refractivity contribution < 1.29 is 4.80 Å². The monoisotopic (exact) mass is 194 g/mol. The summed E-state index contributed by atoms with van der Waals surface area (Å²) in [6.45, 7) is 6.67. The van der Waals surface area contributed by atoms with Crippen LogP contribution in [0.15, 0.2) is 24.3 Å². The van der Waals surface area contributed by atoms with Gasteiger partial charge >= 0.3 is 0 Å². The second-order valence-electron chi connectivity index (χ2n) is 4.66. The van der Waals surface area contributed by atoms with Crippen LogP contribution in [-0.2, 0) is 6.42 Å². The van der Waals surface area contributed by atoms with Crippen molar-refractivity contribution in [2.24, 2.45) is 5.41 Å². The van der Waals surface area contributed by atoms with E-state index in [1.165, 1.54) is 10.8 Å². The molecule has 1 nitrogen and oxygen atoms in total. The third-order valence-electron chi connectivity index (χ3n) is 2.01. The highest BCUT2D eigenvalue weighted by molar-refractivity contribution is 6.46. The number of rotatable bonds is 2. The van der Waals surface area contributed by atoms with Crippen LogP contribution in [-0.4, -0.2) is 14.6 Å². The molecular formula is C11H18OSi. The second-order valence-corrected chi connectivity index (χ2v) is 5.74. The predicted octanol–water partition coefficient (Wildman–Crippen LogP) is 0.977. The van der Waals surface area contributed by atoms with Gasteiger partial charge in [0, 0.05) is 0 Å². The standard InChI is InChI=1S/C11H18OSi/c1-11(2,3)8-9-6-4-5-7-10(9)13-12/h4-7,12H,8,13H2,1-3H3. The molecule has 0 unspecified atom stereocenters. The SMILES string of the molecule is CC(C)(C)Cc1ccccc1[SiH2]O. The lowest BCUT2D eigenvalue weighted by Crippen LogP contribution is -2.22. The van der Waals surface area contributed by atoms with E-state index in [0.717, 1.165) is 6.42 Å². The van der Waals surface area contributed by atoms with Crippen molar-refractivity contribution in [1.82, 2.24) is 0 Å². The molecule has 0 saturated heterocycles. The smallest absolute Gasteiger partial charge is 0.188 e. The minimum Gasteiger partial charge on any atom is -0.433 e. The molecule has 0 bridgehead atoms. The molecule has 1 rings (SSSR count). The lowest BCUT2D eigenvalue weighted by atomic mass is 9.88. The lowest BCUT2D eigenvalue weighted by Gasteiger charge is -2.19. The van der Waals surface area contributed by atoms with Crippen molar-refractivity contribution in [2.45, 2.75) is 27.2 Å². The first-order valence-electron chi connectivity index (χ1n) is 4.70. The first-order valence-corrected chi connectivity index (χ1v) is 6.04. The highest BCUT2D eigenvalue weighted by atomic mass is 28.2. The zero-order valence-corrected chi connectivity index (χ0v) is 10.1. The average molecular weight is 194 g/mol. The quantitative estimate of drug-likeness (QED) is 0.696. The van der Waals surface area contributed by atoms with E-state index in [-0.39, 0.29) is 0 Å². The molecule has 0 aliphatic carbocycles. The molecule has 1 aromatic rings. The van der Waals surface area contributed by atoms with Crippen molar-refractivity contribution in [2.75, 3.05) is 0 Å². The summed E-state index contributed by atoms with van der Waals surface area (Å²) >= 11 is 0. The van der Waals surface area contributed by atoms with Gasteiger partial charge in [-0.2, -0.15) is 0 Å². The van der Waals surface area contributed by atoms with Gasteiger partial charge in [-0.25, -0.2) is 0 Å². The van der Waals surface area contributed by atoms with Crippen molar-refractivity contribution in [1.29, 1.82) is 0 Å². The van der Waals surface area contributed by atoms with E-state index in [1.54, 1.807) is 0 Å². The summed E-state index contributed by atoms with van der Waals surface area (Å²) in [6.07, 6.45) is 1.05. The summed E-state index contributed by atoms with van der Waals surface area (Å²) in [5.74, 6) is 0. The fourth-order valence-electron chi connectivity index (χ4n) is 1.46. The third-order valence-corrected chi connectivity index (χ3v) is 3.04. The van der Waals surface area contributed by atoms with E-state index in [1.807, 2.05) is 12.1 Å². The Kier molecular flexibility index (Phi) is 3.28. The van der Waals surface area contributed by atoms with Crippen LogP contribution in [0.4, 0.5) is 0 Å². The first-order chi connectivity index (χ1) is 6.03. The second kappa shape index (κ2) is 4.07. The Morgan fingerprint density at radius 3 is 2.38 bits per heavy atom. The van der Waals surface area contributed by atoms with Crippen LogP contribution in [0, 0.1) is 5.41 Å². The van der Waals surface area contributed by atoms with Gasteiger partial charge < -0.3 is 4.80 Å². The molecule has 13 heavy (non-hydrogen) atoms. The van der Waals surface area contributed by atoms with Gasteiger partial charge in [0.25, 0.3) is 0 Å². The molecule has 2 heteroatoms. The van der Waals surface area contributed by atoms with E-state index in [9.17, 15) is 4.80 Å². The first kappa shape index (κ1) is 10.5. The number of benzene rings is 1. The van der Waals surface area contributed by atoms with Crippen LogP contribution in [0.2, 0.25) is 0 Å². The van der Waals surface area contributed by atoms with Crippen molar-refractivity contribution in [3.63, 3.8) is 0 Å². The van der Waals surface area contributed by atoms with E-state index in [4.69, 9.17) is 0 Å². The van der Waals surface area contributed by atoms with Gasteiger partial charge in [0.1, 0.15) is 0 Å². The van der Waals surface area contributed by atoms with Gasteiger partial charge in [-0.05, 0) is 22.6 Å². The van der Waals surface area contributed by atoms with Crippen LogP contribution >= 0.6 is 0 Å². The van der Waals surface area contributed by atoms with E-state index in [0.29, 0.717) is 5.41 Å². The highest BCUT2D eigenvalue weighted by Gasteiger charge is 2.13. The average Bonchev–Trinajstić information content (AvgIpc) is 2.02. The van der Waals surface area contributed by atoms with E-state index < -0.39 is 9.76 Å². The van der Waals surface area contributed by atoms with Gasteiger partial charge in [0.05, 0.1) is 0 Å². The maximum absolute atomic E-state index is 9.25. The molecule has 0 spiro atoms. The molecule has 0 amide bonds. The largest absolute Gasteiger partial charge is 0.433 e. The topological polar surface area (TPSA) is 20.2 Å². The van der Waals surface area contributed by atoms with Crippen LogP contribution in [0.25, 0.3) is 0 Å². The summed E-state index contributed by atoms with van der Waals surface area (Å²) in [5, 5.41) is 1.19. The predicted molar refractivity (Wildman–Crippen MR) is 60.0 cm³/mol. The van der Waals surface area contributed by atoms with Gasteiger partial charge in [-0.1, -0.05) is 45.0 Å². The fraction of sp³-hybridized carbons (Fsp3) is 0.455. The van der Waals surface area contributed by atoms with Gasteiger partial charge in [-0.3, -0.25) is 0 Å². The van der Waals surface area contributed by atoms with E-state index >= 15 is 0 Å². The fourth-order valence-corrected chi connectivity index (χ4v) is 2.14. The Hall–Kier alpha value is -0.603. The normalized spacial score (nSPS) is 12.6. The molecular weight excluding hydrogens is 176 g/mol. The molecule has 72 valence electrons. The van der Waals surface area contributed by atoms with Gasteiger partial charge in [0.2, 0.25) is 0 Å². The van der Waals surface area contributed by atoms with Crippen LogP contribution < -0.4 is 5.19 Å². The summed E-state index contributed by atoms with van der Waals surface area (Å²) in [6, 6.07) is 8.23. The molecule has 0 atom stereocenters. The molecule has 0 aromatic heterocycles. The molecule has 0 saturated carbocycles. The third kappa shape index (κ3) is 3.33. The number of hydrogen-bond donors (Lipinski definition) is 1. The van der Waals surface area contributed by atoms with Gasteiger partial charge in [-0.15, -0.1) is 0 Å². The molecule has 0 fully saturated rings. The summed E-state index contributed by atoms with van der Waals surface area (Å²) in [4.78, 5) is 9.25. The Morgan fingerprint density at radius 1 is 1.23 bits per heavy atom.